The highest BCUT2D eigenvalue weighted by Gasteiger charge is 2.12. The topological polar surface area (TPSA) is 38.3 Å². The van der Waals surface area contributed by atoms with E-state index in [0.29, 0.717) is 29.7 Å². The van der Waals surface area contributed by atoms with Gasteiger partial charge in [0.05, 0.1) is 0 Å². The summed E-state index contributed by atoms with van der Waals surface area (Å²) in [5.74, 6) is 0.966. The van der Waals surface area contributed by atoms with Gasteiger partial charge >= 0.3 is 0 Å². The van der Waals surface area contributed by atoms with Gasteiger partial charge in [-0.1, -0.05) is 61.0 Å². The minimum absolute atomic E-state index is 0.0707. The predicted octanol–water partition coefficient (Wildman–Crippen LogP) is 5.84. The first kappa shape index (κ1) is 20.0. The lowest BCUT2D eigenvalue weighted by molar-refractivity contribution is 0.0951. The molecule has 1 atom stereocenters. The Kier molecular flexibility index (Phi) is 7.10. The van der Waals surface area contributed by atoms with Crippen LogP contribution in [0, 0.1) is 0 Å². The zero-order chi connectivity index (χ0) is 19.8. The third-order valence-electron chi connectivity index (χ3n) is 4.71. The van der Waals surface area contributed by atoms with Crippen LogP contribution in [0.5, 0.6) is 5.75 Å². The second-order valence-corrected chi connectivity index (χ2v) is 7.10. The summed E-state index contributed by atoms with van der Waals surface area (Å²) < 4.78 is 5.77. The zero-order valence-electron chi connectivity index (χ0n) is 15.9. The lowest BCUT2D eigenvalue weighted by Crippen LogP contribution is -2.28. The highest BCUT2D eigenvalue weighted by molar-refractivity contribution is 6.30. The third kappa shape index (κ3) is 5.61. The van der Waals surface area contributed by atoms with E-state index in [1.807, 2.05) is 54.6 Å². The van der Waals surface area contributed by atoms with Crippen molar-refractivity contribution in [1.29, 1.82) is 0 Å². The number of amides is 1. The molecule has 144 valence electrons. The summed E-state index contributed by atoms with van der Waals surface area (Å²) >= 11 is 5.89. The van der Waals surface area contributed by atoms with Crippen LogP contribution in [0.4, 0.5) is 0 Å². The Morgan fingerprint density at radius 3 is 2.29 bits per heavy atom. The van der Waals surface area contributed by atoms with E-state index in [1.54, 1.807) is 12.1 Å². The summed E-state index contributed by atoms with van der Waals surface area (Å²) in [4.78, 5) is 12.5. The Hall–Kier alpha value is -2.78. The van der Waals surface area contributed by atoms with Crippen LogP contribution in [0.3, 0.4) is 0 Å². The van der Waals surface area contributed by atoms with Crippen molar-refractivity contribution < 1.29 is 9.53 Å². The molecular weight excluding hydrogens is 370 g/mol. The number of carbonyl (C=O) groups excluding carboxylic acids is 1. The molecule has 0 radical (unpaired) electrons. The van der Waals surface area contributed by atoms with E-state index in [4.69, 9.17) is 16.3 Å². The second-order valence-electron chi connectivity index (χ2n) is 6.67. The molecule has 3 aromatic carbocycles. The van der Waals surface area contributed by atoms with Crippen molar-refractivity contribution in [3.63, 3.8) is 0 Å². The number of nitrogens with one attached hydrogen (secondary N) is 1. The second kappa shape index (κ2) is 9.95. The van der Waals surface area contributed by atoms with E-state index in [0.717, 1.165) is 17.7 Å². The SMILES string of the molecule is CC[C@@H](CNC(=O)c1ccc(OCc2ccc(Cl)cc2)cc1)c1ccccc1. The summed E-state index contributed by atoms with van der Waals surface area (Å²) in [5, 5.41) is 3.74. The summed E-state index contributed by atoms with van der Waals surface area (Å²) in [6, 6.07) is 25.0. The van der Waals surface area contributed by atoms with Crippen molar-refractivity contribution >= 4 is 17.5 Å². The van der Waals surface area contributed by atoms with Gasteiger partial charge in [-0.05, 0) is 53.9 Å². The van der Waals surface area contributed by atoms with Gasteiger partial charge < -0.3 is 10.1 Å². The van der Waals surface area contributed by atoms with Crippen LogP contribution in [0.1, 0.15) is 40.7 Å². The van der Waals surface area contributed by atoms with Gasteiger partial charge in [0.15, 0.2) is 0 Å². The molecule has 0 fully saturated rings. The number of ether oxygens (including phenoxy) is 1. The Morgan fingerprint density at radius 1 is 0.964 bits per heavy atom. The van der Waals surface area contributed by atoms with Crippen LogP contribution in [0.15, 0.2) is 78.9 Å². The molecule has 1 N–H and O–H groups in total. The van der Waals surface area contributed by atoms with E-state index >= 15 is 0 Å². The number of hydrogen-bond acceptors (Lipinski definition) is 2. The standard InChI is InChI=1S/C24H24ClNO2/c1-2-19(20-6-4-3-5-7-20)16-26-24(27)21-10-14-23(15-11-21)28-17-18-8-12-22(25)13-9-18/h3-15,19H,2,16-17H2,1H3,(H,26,27)/t19-/m0/s1. The first-order valence-electron chi connectivity index (χ1n) is 9.46. The number of carbonyl (C=O) groups is 1. The molecule has 1 amide bonds. The Balaban J connectivity index is 1.52. The van der Waals surface area contributed by atoms with Gasteiger partial charge in [-0.15, -0.1) is 0 Å². The Bertz CT molecular complexity index is 877. The van der Waals surface area contributed by atoms with Crippen LogP contribution in [0.25, 0.3) is 0 Å². The first-order chi connectivity index (χ1) is 13.7. The molecule has 0 spiro atoms. The van der Waals surface area contributed by atoms with Gasteiger partial charge in [-0.25, -0.2) is 0 Å². The number of halogens is 1. The largest absolute Gasteiger partial charge is 0.489 e. The molecule has 0 heterocycles. The van der Waals surface area contributed by atoms with E-state index in [9.17, 15) is 4.79 Å². The van der Waals surface area contributed by atoms with Gasteiger partial charge in [0.1, 0.15) is 12.4 Å². The van der Waals surface area contributed by atoms with Crippen LogP contribution in [-0.4, -0.2) is 12.5 Å². The number of benzene rings is 3. The molecule has 3 nitrogen and oxygen atoms in total. The third-order valence-corrected chi connectivity index (χ3v) is 4.96. The normalized spacial score (nSPS) is 11.6. The summed E-state index contributed by atoms with van der Waals surface area (Å²) in [7, 11) is 0. The molecule has 0 saturated carbocycles. The molecule has 0 unspecified atom stereocenters. The quantitative estimate of drug-likeness (QED) is 0.521. The fraction of sp³-hybridized carbons (Fsp3) is 0.208. The Labute approximate surface area is 171 Å². The van der Waals surface area contributed by atoms with Crippen molar-refractivity contribution in [2.75, 3.05) is 6.54 Å². The maximum absolute atomic E-state index is 12.5. The minimum atomic E-state index is -0.0707. The van der Waals surface area contributed by atoms with Crippen molar-refractivity contribution in [3.8, 4) is 5.75 Å². The molecule has 3 aromatic rings. The maximum atomic E-state index is 12.5. The Morgan fingerprint density at radius 2 is 1.64 bits per heavy atom. The molecule has 0 aromatic heterocycles. The van der Waals surface area contributed by atoms with Crippen LogP contribution >= 0.6 is 11.6 Å². The van der Waals surface area contributed by atoms with Crippen molar-refractivity contribution in [2.24, 2.45) is 0 Å². The van der Waals surface area contributed by atoms with Gasteiger partial charge in [-0.2, -0.15) is 0 Å². The highest BCUT2D eigenvalue weighted by atomic mass is 35.5. The summed E-state index contributed by atoms with van der Waals surface area (Å²) in [5.41, 5.74) is 2.91. The zero-order valence-corrected chi connectivity index (χ0v) is 16.7. The van der Waals surface area contributed by atoms with E-state index in [2.05, 4.69) is 24.4 Å². The fourth-order valence-corrected chi connectivity index (χ4v) is 3.12. The summed E-state index contributed by atoms with van der Waals surface area (Å²) in [6.07, 6.45) is 0.974. The average Bonchev–Trinajstić information content (AvgIpc) is 2.75. The van der Waals surface area contributed by atoms with Gasteiger partial charge in [0, 0.05) is 23.0 Å². The van der Waals surface area contributed by atoms with E-state index in [1.165, 1.54) is 5.56 Å². The van der Waals surface area contributed by atoms with Crippen molar-refractivity contribution in [1.82, 2.24) is 5.32 Å². The van der Waals surface area contributed by atoms with Gasteiger partial charge in [-0.3, -0.25) is 4.79 Å². The predicted molar refractivity (Wildman–Crippen MR) is 114 cm³/mol. The lowest BCUT2D eigenvalue weighted by atomic mass is 9.96. The van der Waals surface area contributed by atoms with E-state index in [-0.39, 0.29) is 5.91 Å². The van der Waals surface area contributed by atoms with Gasteiger partial charge in [0.2, 0.25) is 0 Å². The monoisotopic (exact) mass is 393 g/mol. The minimum Gasteiger partial charge on any atom is -0.489 e. The molecular formula is C24H24ClNO2. The molecule has 0 bridgehead atoms. The average molecular weight is 394 g/mol. The fourth-order valence-electron chi connectivity index (χ4n) is 2.99. The number of hydrogen-bond donors (Lipinski definition) is 1. The summed E-state index contributed by atoms with van der Waals surface area (Å²) in [6.45, 7) is 3.21. The molecule has 4 heteroatoms. The molecule has 0 aliphatic carbocycles. The van der Waals surface area contributed by atoms with Crippen LogP contribution < -0.4 is 10.1 Å². The first-order valence-corrected chi connectivity index (χ1v) is 9.84. The van der Waals surface area contributed by atoms with Crippen LogP contribution in [-0.2, 0) is 6.61 Å². The number of rotatable bonds is 8. The molecule has 0 saturated heterocycles. The van der Waals surface area contributed by atoms with Gasteiger partial charge in [0.25, 0.3) is 5.91 Å². The smallest absolute Gasteiger partial charge is 0.251 e. The van der Waals surface area contributed by atoms with Crippen molar-refractivity contribution in [3.05, 3.63) is 101 Å². The highest BCUT2D eigenvalue weighted by Crippen LogP contribution is 2.19. The molecule has 3 rings (SSSR count). The molecule has 0 aliphatic heterocycles. The maximum Gasteiger partial charge on any atom is 0.251 e. The van der Waals surface area contributed by atoms with E-state index < -0.39 is 0 Å². The molecule has 0 aliphatic rings. The van der Waals surface area contributed by atoms with Crippen LogP contribution in [0.2, 0.25) is 5.02 Å². The molecule has 28 heavy (non-hydrogen) atoms. The lowest BCUT2D eigenvalue weighted by Gasteiger charge is -2.16. The van der Waals surface area contributed by atoms with Crippen molar-refractivity contribution in [2.45, 2.75) is 25.9 Å².